The number of carboxylic acids is 1. The minimum atomic E-state index is -1.08. The number of nitrogens with two attached hydrogens (primary N) is 1. The molecule has 1 atom stereocenters. The lowest BCUT2D eigenvalue weighted by Gasteiger charge is -2.23. The van der Waals surface area contributed by atoms with Crippen molar-refractivity contribution in [3.8, 4) is 0 Å². The molecule has 1 aliphatic rings. The first-order chi connectivity index (χ1) is 7.59. The maximum Gasteiger partial charge on any atom is 0.325 e. The fraction of sp³-hybridized carbons (Fsp3) is 0.200. The van der Waals surface area contributed by atoms with Crippen LogP contribution in [-0.4, -0.2) is 34.2 Å². The largest absolute Gasteiger partial charge is 0.480 e. The van der Waals surface area contributed by atoms with E-state index in [9.17, 15) is 9.59 Å². The van der Waals surface area contributed by atoms with Gasteiger partial charge >= 0.3 is 5.97 Å². The zero-order chi connectivity index (χ0) is 11.7. The summed E-state index contributed by atoms with van der Waals surface area (Å²) in [4.78, 5) is 22.5. The predicted molar refractivity (Wildman–Crippen MR) is 57.2 cm³/mol. The van der Waals surface area contributed by atoms with Gasteiger partial charge in [-0.25, -0.2) is 5.01 Å². The normalized spacial score (nSPS) is 19.4. The monoisotopic (exact) mass is 221 g/mol. The van der Waals surface area contributed by atoms with Crippen LogP contribution in [0.1, 0.15) is 5.69 Å². The molecule has 0 fully saturated rings. The first-order valence-electron chi connectivity index (χ1n) is 4.74. The van der Waals surface area contributed by atoms with Gasteiger partial charge in [-0.05, 0) is 18.2 Å². The molecule has 0 aromatic carbocycles. The fourth-order valence-corrected chi connectivity index (χ4v) is 1.58. The lowest BCUT2D eigenvalue weighted by molar-refractivity contribution is -0.137. The maximum atomic E-state index is 11.8. The third-order valence-electron chi connectivity index (χ3n) is 2.32. The highest BCUT2D eigenvalue weighted by molar-refractivity contribution is 5.97. The van der Waals surface area contributed by atoms with Crippen LogP contribution < -0.4 is 10.7 Å². The number of aromatic nitrogens is 1. The summed E-state index contributed by atoms with van der Waals surface area (Å²) in [6.45, 7) is -0.407. The van der Waals surface area contributed by atoms with E-state index in [4.69, 9.17) is 10.8 Å². The van der Waals surface area contributed by atoms with Crippen LogP contribution in [0.2, 0.25) is 0 Å². The Balaban J connectivity index is 2.42. The average molecular weight is 221 g/mol. The first kappa shape index (κ1) is 10.4. The number of carbonyl (C=O) groups excluding carboxylic acids is 1. The second-order valence-corrected chi connectivity index (χ2v) is 3.45. The number of rotatable bonds is 2. The number of aliphatic carboxylic acids is 1. The Bertz CT molecular complexity index is 464. The van der Waals surface area contributed by atoms with Crippen molar-refractivity contribution in [2.75, 3.05) is 11.6 Å². The van der Waals surface area contributed by atoms with E-state index in [-0.39, 0.29) is 0 Å². The molecule has 1 aliphatic heterocycles. The number of carboxylic acid groups (broad SMARTS) is 1. The molecular formula is C10H11N3O3. The molecule has 0 spiro atoms. The molecule has 1 amide bonds. The minimum absolute atomic E-state index is 0.407. The van der Waals surface area contributed by atoms with Crippen molar-refractivity contribution in [2.24, 2.45) is 5.73 Å². The van der Waals surface area contributed by atoms with Crippen molar-refractivity contribution in [1.29, 1.82) is 0 Å². The van der Waals surface area contributed by atoms with Gasteiger partial charge in [-0.1, -0.05) is 6.08 Å². The highest BCUT2D eigenvalue weighted by atomic mass is 16.4. The maximum absolute atomic E-state index is 11.8. The highest BCUT2D eigenvalue weighted by Gasteiger charge is 2.25. The second-order valence-electron chi connectivity index (χ2n) is 3.45. The Labute approximate surface area is 91.5 Å². The Morgan fingerprint density at radius 2 is 2.31 bits per heavy atom. The summed E-state index contributed by atoms with van der Waals surface area (Å²) in [5.41, 5.74) is 6.32. The van der Waals surface area contributed by atoms with E-state index in [0.717, 1.165) is 10.7 Å². The molecule has 0 unspecified atom stereocenters. The molecule has 6 nitrogen and oxygen atoms in total. The molecule has 0 saturated heterocycles. The molecule has 1 aromatic heterocycles. The van der Waals surface area contributed by atoms with Crippen LogP contribution in [0, 0.1) is 0 Å². The van der Waals surface area contributed by atoms with E-state index >= 15 is 0 Å². The number of fused-ring (bicyclic) bond motifs is 1. The molecule has 16 heavy (non-hydrogen) atoms. The Morgan fingerprint density at radius 1 is 1.56 bits per heavy atom. The van der Waals surface area contributed by atoms with Gasteiger partial charge in [0.1, 0.15) is 12.6 Å². The van der Waals surface area contributed by atoms with Crippen LogP contribution in [0.15, 0.2) is 24.4 Å². The molecule has 1 aromatic rings. The molecule has 0 radical (unpaired) electrons. The van der Waals surface area contributed by atoms with Crippen molar-refractivity contribution in [3.05, 3.63) is 30.1 Å². The van der Waals surface area contributed by atoms with E-state index in [1.165, 1.54) is 4.68 Å². The number of nitrogens with zero attached hydrogens (tertiary/aromatic N) is 2. The fourth-order valence-electron chi connectivity index (χ4n) is 1.58. The summed E-state index contributed by atoms with van der Waals surface area (Å²) in [5, 5.41) is 9.87. The first-order valence-corrected chi connectivity index (χ1v) is 4.74. The number of hydrogen-bond donors (Lipinski definition) is 2. The Kier molecular flexibility index (Phi) is 2.49. The topological polar surface area (TPSA) is 88.6 Å². The summed E-state index contributed by atoms with van der Waals surface area (Å²) < 4.78 is 1.49. The van der Waals surface area contributed by atoms with E-state index in [2.05, 4.69) is 0 Å². The van der Waals surface area contributed by atoms with Gasteiger partial charge in [-0.15, -0.1) is 0 Å². The quantitative estimate of drug-likeness (QED) is 0.697. The zero-order valence-electron chi connectivity index (χ0n) is 8.41. The van der Waals surface area contributed by atoms with Gasteiger partial charge in [0.2, 0.25) is 0 Å². The lowest BCUT2D eigenvalue weighted by atomic mass is 10.2. The van der Waals surface area contributed by atoms with Crippen LogP contribution in [0.25, 0.3) is 6.08 Å². The van der Waals surface area contributed by atoms with E-state index in [0.29, 0.717) is 0 Å². The van der Waals surface area contributed by atoms with Gasteiger partial charge < -0.3 is 10.8 Å². The third kappa shape index (κ3) is 1.70. The number of hydrogen-bond acceptors (Lipinski definition) is 3. The molecule has 0 aliphatic carbocycles. The molecule has 2 rings (SSSR count). The predicted octanol–water partition coefficient (Wildman–Crippen LogP) is -0.609. The zero-order valence-corrected chi connectivity index (χ0v) is 8.41. The van der Waals surface area contributed by atoms with Gasteiger partial charge in [-0.2, -0.15) is 0 Å². The number of carbonyl (C=O) groups is 2. The standard InChI is InChI=1S/C10H11N3O3/c11-8-4-3-7-2-1-5-12(7)13(10(8)16)6-9(14)15/h1-5,8H,6,11H2,(H,14,15)/t8-/m0/s1. The third-order valence-corrected chi connectivity index (χ3v) is 2.32. The van der Waals surface area contributed by atoms with Crippen molar-refractivity contribution >= 4 is 18.0 Å². The van der Waals surface area contributed by atoms with Crippen molar-refractivity contribution in [1.82, 2.24) is 4.68 Å². The molecule has 0 bridgehead atoms. The van der Waals surface area contributed by atoms with Gasteiger partial charge in [0.25, 0.3) is 5.91 Å². The Hall–Kier alpha value is -2.08. The SMILES string of the molecule is N[C@H]1C=Cc2cccn2N(CC(=O)O)C1=O. The second kappa shape index (κ2) is 3.82. The van der Waals surface area contributed by atoms with E-state index in [1.54, 1.807) is 30.5 Å². The summed E-state index contributed by atoms with van der Waals surface area (Å²) in [6, 6.07) is 2.70. The van der Waals surface area contributed by atoms with Gasteiger partial charge in [-0.3, -0.25) is 14.3 Å². The highest BCUT2D eigenvalue weighted by Crippen LogP contribution is 2.11. The van der Waals surface area contributed by atoms with Crippen LogP contribution in [0.5, 0.6) is 0 Å². The minimum Gasteiger partial charge on any atom is -0.480 e. The van der Waals surface area contributed by atoms with Gasteiger partial charge in [0.15, 0.2) is 0 Å². The van der Waals surface area contributed by atoms with E-state index < -0.39 is 24.5 Å². The van der Waals surface area contributed by atoms with Gasteiger partial charge in [0, 0.05) is 6.20 Å². The van der Waals surface area contributed by atoms with Crippen LogP contribution in [0.3, 0.4) is 0 Å². The molecule has 3 N–H and O–H groups in total. The molecule has 2 heterocycles. The molecule has 6 heteroatoms. The van der Waals surface area contributed by atoms with Crippen LogP contribution in [-0.2, 0) is 9.59 Å². The summed E-state index contributed by atoms with van der Waals surface area (Å²) in [5.74, 6) is -1.52. The van der Waals surface area contributed by atoms with Gasteiger partial charge in [0.05, 0.1) is 5.69 Å². The van der Waals surface area contributed by atoms with Crippen molar-refractivity contribution in [2.45, 2.75) is 6.04 Å². The average Bonchev–Trinajstić information content (AvgIpc) is 2.65. The summed E-state index contributed by atoms with van der Waals surface area (Å²) >= 11 is 0. The van der Waals surface area contributed by atoms with Crippen molar-refractivity contribution < 1.29 is 14.7 Å². The van der Waals surface area contributed by atoms with Crippen LogP contribution >= 0.6 is 0 Å². The smallest absolute Gasteiger partial charge is 0.325 e. The molecule has 84 valence electrons. The Morgan fingerprint density at radius 3 is 3.00 bits per heavy atom. The lowest BCUT2D eigenvalue weighted by Crippen LogP contribution is -2.50. The summed E-state index contributed by atoms with van der Waals surface area (Å²) in [6.07, 6.45) is 4.87. The van der Waals surface area contributed by atoms with Crippen LogP contribution in [0.4, 0.5) is 0 Å². The van der Waals surface area contributed by atoms with Crippen molar-refractivity contribution in [3.63, 3.8) is 0 Å². The van der Waals surface area contributed by atoms with E-state index in [1.807, 2.05) is 0 Å². The molecular weight excluding hydrogens is 210 g/mol. The summed E-state index contributed by atoms with van der Waals surface area (Å²) in [7, 11) is 0. The molecule has 0 saturated carbocycles. The number of amides is 1.